The normalized spacial score (nSPS) is 44.9. The number of nitrogens with one attached hydrogen (secondary N) is 1. The van der Waals surface area contributed by atoms with Crippen LogP contribution < -0.4 is 11.1 Å². The molecule has 4 aliphatic carbocycles. The highest BCUT2D eigenvalue weighted by atomic mass is 32.1. The molecule has 3 heteroatoms. The minimum Gasteiger partial charge on any atom is -0.392 e. The molecule has 4 aliphatic rings. The molecule has 90 valence electrons. The van der Waals surface area contributed by atoms with Crippen molar-refractivity contribution in [3.63, 3.8) is 0 Å². The van der Waals surface area contributed by atoms with Crippen molar-refractivity contribution in [2.45, 2.75) is 32.1 Å². The van der Waals surface area contributed by atoms with Crippen molar-refractivity contribution in [3.05, 3.63) is 0 Å². The van der Waals surface area contributed by atoms with E-state index >= 15 is 0 Å². The van der Waals surface area contributed by atoms with Crippen LogP contribution in [0.1, 0.15) is 32.1 Å². The fraction of sp³-hybridized carbons (Fsp3) is 0.923. The maximum Gasteiger partial charge on any atom is 0.0867 e. The van der Waals surface area contributed by atoms with Gasteiger partial charge in [-0.05, 0) is 68.2 Å². The Labute approximate surface area is 103 Å². The number of thiocarbonyl (C=S) groups is 1. The van der Waals surface area contributed by atoms with Crippen molar-refractivity contribution in [1.82, 2.24) is 5.32 Å². The van der Waals surface area contributed by atoms with Crippen molar-refractivity contribution >= 4 is 17.2 Å². The van der Waals surface area contributed by atoms with E-state index < -0.39 is 0 Å². The predicted molar refractivity (Wildman–Crippen MR) is 70.2 cm³/mol. The van der Waals surface area contributed by atoms with Gasteiger partial charge in [-0.2, -0.15) is 0 Å². The average Bonchev–Trinajstić information content (AvgIpc) is 2.20. The molecule has 3 N–H and O–H groups in total. The molecule has 2 nitrogen and oxygen atoms in total. The van der Waals surface area contributed by atoms with Gasteiger partial charge in [-0.3, -0.25) is 0 Å². The van der Waals surface area contributed by atoms with Gasteiger partial charge in [0.2, 0.25) is 0 Å². The monoisotopic (exact) mass is 238 g/mol. The maximum atomic E-state index is 5.52. The largest absolute Gasteiger partial charge is 0.392 e. The van der Waals surface area contributed by atoms with Crippen LogP contribution in [0.3, 0.4) is 0 Å². The summed E-state index contributed by atoms with van der Waals surface area (Å²) in [6.45, 7) is 1.87. The quantitative estimate of drug-likeness (QED) is 0.735. The van der Waals surface area contributed by atoms with Gasteiger partial charge in [0.25, 0.3) is 0 Å². The van der Waals surface area contributed by atoms with E-state index in [2.05, 4.69) is 5.32 Å². The van der Waals surface area contributed by atoms with Gasteiger partial charge >= 0.3 is 0 Å². The third kappa shape index (κ3) is 2.00. The molecule has 4 rings (SSSR count). The topological polar surface area (TPSA) is 38.0 Å². The second kappa shape index (κ2) is 4.26. The summed E-state index contributed by atoms with van der Waals surface area (Å²) in [5.41, 5.74) is 5.52. The molecule has 0 radical (unpaired) electrons. The van der Waals surface area contributed by atoms with Crippen molar-refractivity contribution in [1.29, 1.82) is 0 Å². The Hall–Kier alpha value is -0.150. The van der Waals surface area contributed by atoms with E-state index in [-0.39, 0.29) is 0 Å². The molecule has 0 spiro atoms. The smallest absolute Gasteiger partial charge is 0.0867 e. The minimum atomic E-state index is 0.601. The molecule has 0 aromatic rings. The van der Waals surface area contributed by atoms with Gasteiger partial charge in [-0.15, -0.1) is 0 Å². The van der Waals surface area contributed by atoms with E-state index in [1.165, 1.54) is 25.7 Å². The van der Waals surface area contributed by atoms with Crippen LogP contribution in [0.5, 0.6) is 0 Å². The van der Waals surface area contributed by atoms with Gasteiger partial charge in [0.15, 0.2) is 0 Å². The molecule has 0 aliphatic heterocycles. The van der Waals surface area contributed by atoms with Crippen LogP contribution in [-0.4, -0.2) is 18.1 Å². The van der Waals surface area contributed by atoms with E-state index in [0.29, 0.717) is 4.99 Å². The molecule has 0 atom stereocenters. The Morgan fingerprint density at radius 1 is 1.06 bits per heavy atom. The van der Waals surface area contributed by atoms with Crippen LogP contribution in [0, 0.1) is 29.6 Å². The van der Waals surface area contributed by atoms with Crippen molar-refractivity contribution in [3.8, 4) is 0 Å². The lowest BCUT2D eigenvalue weighted by atomic mass is 9.52. The second-order valence-electron chi connectivity index (χ2n) is 6.19. The number of hydrogen-bond donors (Lipinski definition) is 2. The van der Waals surface area contributed by atoms with Crippen LogP contribution in [0.2, 0.25) is 0 Å². The first-order valence-corrected chi connectivity index (χ1v) is 7.12. The molecule has 16 heavy (non-hydrogen) atoms. The lowest BCUT2D eigenvalue weighted by Gasteiger charge is -2.54. The Kier molecular flexibility index (Phi) is 2.92. The third-order valence-corrected chi connectivity index (χ3v) is 5.25. The summed E-state index contributed by atoms with van der Waals surface area (Å²) < 4.78 is 0. The van der Waals surface area contributed by atoms with Gasteiger partial charge in [-0.25, -0.2) is 0 Å². The molecule has 0 aromatic heterocycles. The highest BCUT2D eigenvalue weighted by Gasteiger charge is 2.47. The molecule has 0 unspecified atom stereocenters. The Morgan fingerprint density at radius 3 is 2.12 bits per heavy atom. The van der Waals surface area contributed by atoms with Crippen LogP contribution in [0.4, 0.5) is 0 Å². The van der Waals surface area contributed by atoms with Gasteiger partial charge in [0.1, 0.15) is 0 Å². The first-order valence-electron chi connectivity index (χ1n) is 6.71. The minimum absolute atomic E-state index is 0.601. The predicted octanol–water partition coefficient (Wildman–Crippen LogP) is 1.93. The fourth-order valence-corrected chi connectivity index (χ4v) is 4.84. The summed E-state index contributed by atoms with van der Waals surface area (Å²) in [6, 6.07) is 0. The zero-order valence-electron chi connectivity index (χ0n) is 9.82. The van der Waals surface area contributed by atoms with Crippen molar-refractivity contribution < 1.29 is 0 Å². The molecule has 0 heterocycles. The molecular formula is C13H22N2S. The van der Waals surface area contributed by atoms with Gasteiger partial charge in [-0.1, -0.05) is 12.2 Å². The molecule has 4 fully saturated rings. The van der Waals surface area contributed by atoms with Crippen LogP contribution in [0.15, 0.2) is 0 Å². The average molecular weight is 238 g/mol. The zero-order chi connectivity index (χ0) is 11.1. The van der Waals surface area contributed by atoms with E-state index in [0.717, 1.165) is 42.7 Å². The van der Waals surface area contributed by atoms with Crippen LogP contribution >= 0.6 is 12.2 Å². The summed E-state index contributed by atoms with van der Waals surface area (Å²) in [5.74, 6) is 5.09. The number of hydrogen-bond acceptors (Lipinski definition) is 2. The van der Waals surface area contributed by atoms with E-state index in [9.17, 15) is 0 Å². The molecule has 0 amide bonds. The van der Waals surface area contributed by atoms with Crippen LogP contribution in [0.25, 0.3) is 0 Å². The zero-order valence-corrected chi connectivity index (χ0v) is 10.6. The third-order valence-electron chi connectivity index (χ3n) is 5.10. The Morgan fingerprint density at radius 2 is 1.62 bits per heavy atom. The summed E-state index contributed by atoms with van der Waals surface area (Å²) >= 11 is 4.90. The molecule has 0 aromatic carbocycles. The summed E-state index contributed by atoms with van der Waals surface area (Å²) in [4.78, 5) is 0.601. The lowest BCUT2D eigenvalue weighted by molar-refractivity contribution is -0.0350. The van der Waals surface area contributed by atoms with Gasteiger partial charge in [0.05, 0.1) is 4.99 Å². The standard InChI is InChI=1S/C13H22N2S/c14-13(16)7-15-6-12-10-2-8-1-9(4-10)5-11(12)3-8/h8-12,15H,1-7H2,(H2,14,16). The van der Waals surface area contributed by atoms with E-state index in [1.54, 1.807) is 6.42 Å². The summed E-state index contributed by atoms with van der Waals surface area (Å²) in [6.07, 6.45) is 7.57. The van der Waals surface area contributed by atoms with Crippen molar-refractivity contribution in [2.24, 2.45) is 35.3 Å². The summed E-state index contributed by atoms with van der Waals surface area (Å²) in [5, 5.41) is 3.45. The van der Waals surface area contributed by atoms with Crippen molar-refractivity contribution in [2.75, 3.05) is 13.1 Å². The maximum absolute atomic E-state index is 5.52. The van der Waals surface area contributed by atoms with Gasteiger partial charge < -0.3 is 11.1 Å². The van der Waals surface area contributed by atoms with Gasteiger partial charge in [0, 0.05) is 6.54 Å². The lowest BCUT2D eigenvalue weighted by Crippen LogP contribution is -2.49. The van der Waals surface area contributed by atoms with E-state index in [4.69, 9.17) is 18.0 Å². The molecule has 4 bridgehead atoms. The SMILES string of the molecule is NC(=S)CNCC1C2CC3CC(C2)CC1C3. The molecular weight excluding hydrogens is 216 g/mol. The number of rotatable bonds is 4. The Balaban J connectivity index is 1.57. The molecule has 4 saturated carbocycles. The second-order valence-corrected chi connectivity index (χ2v) is 6.72. The fourth-order valence-electron chi connectivity index (χ4n) is 4.73. The first-order chi connectivity index (χ1) is 7.72. The highest BCUT2D eigenvalue weighted by Crippen LogP contribution is 2.56. The summed E-state index contributed by atoms with van der Waals surface area (Å²) in [7, 11) is 0. The number of nitrogens with two attached hydrogens (primary N) is 1. The highest BCUT2D eigenvalue weighted by molar-refractivity contribution is 7.80. The van der Waals surface area contributed by atoms with Crippen LogP contribution in [-0.2, 0) is 0 Å². The molecule has 0 saturated heterocycles. The van der Waals surface area contributed by atoms with E-state index in [1.807, 2.05) is 0 Å². The first kappa shape index (κ1) is 11.0. The Bertz CT molecular complexity index is 262.